The van der Waals surface area contributed by atoms with E-state index in [0.717, 1.165) is 17.0 Å². The maximum atomic E-state index is 14.2. The van der Waals surface area contributed by atoms with E-state index in [-0.39, 0.29) is 39.7 Å². The maximum Gasteiger partial charge on any atom is 0.272 e. The molecule has 172 valence electrons. The number of nitro groups is 1. The second-order valence-corrected chi connectivity index (χ2v) is 7.88. The third-order valence-corrected chi connectivity index (χ3v) is 5.61. The lowest BCUT2D eigenvalue weighted by Gasteiger charge is -2.20. The minimum atomic E-state index is -0.684. The monoisotopic (exact) mass is 501 g/mol. The number of carbonyl (C=O) groups is 1. The number of rotatable bonds is 7. The molecule has 0 aliphatic carbocycles. The smallest absolute Gasteiger partial charge is 0.272 e. The lowest BCUT2D eigenvalue weighted by atomic mass is 10.1. The van der Waals surface area contributed by atoms with Crippen molar-refractivity contribution in [3.63, 3.8) is 0 Å². The van der Waals surface area contributed by atoms with Gasteiger partial charge in [0, 0.05) is 23.4 Å². The quantitative estimate of drug-likeness (QED) is 0.192. The van der Waals surface area contributed by atoms with Crippen LogP contribution in [0, 0.1) is 15.9 Å². The lowest BCUT2D eigenvalue weighted by Crippen LogP contribution is -2.22. The predicted octanol–water partition coefficient (Wildman–Crippen LogP) is 5.60. The van der Waals surface area contributed by atoms with E-state index >= 15 is 0 Å². The van der Waals surface area contributed by atoms with Gasteiger partial charge in [-0.25, -0.2) is 9.37 Å². The van der Waals surface area contributed by atoms with Gasteiger partial charge < -0.3 is 15.3 Å². The number of fused-ring (bicyclic) bond motifs is 1. The minimum absolute atomic E-state index is 0.0164. The van der Waals surface area contributed by atoms with Crippen molar-refractivity contribution in [1.29, 1.82) is 0 Å². The van der Waals surface area contributed by atoms with E-state index in [1.807, 2.05) is 0 Å². The average molecular weight is 502 g/mol. The molecule has 0 fully saturated rings. The zero-order valence-electron chi connectivity index (χ0n) is 17.1. The van der Waals surface area contributed by atoms with Gasteiger partial charge in [-0.2, -0.15) is 4.98 Å². The number of aromatic nitrogens is 2. The van der Waals surface area contributed by atoms with Gasteiger partial charge in [0.05, 0.1) is 32.6 Å². The number of hydrogen-bond donors (Lipinski definition) is 2. The Morgan fingerprint density at radius 1 is 1.12 bits per heavy atom. The number of nitrogens with zero attached hydrogens (tertiary/aromatic N) is 4. The molecule has 1 aromatic heterocycles. The Labute approximate surface area is 201 Å². The summed E-state index contributed by atoms with van der Waals surface area (Å²) in [6, 6.07) is 12.7. The van der Waals surface area contributed by atoms with Crippen LogP contribution in [-0.4, -0.2) is 26.4 Å². The minimum Gasteiger partial charge on any atom is -0.493 e. The zero-order valence-corrected chi connectivity index (χ0v) is 18.6. The molecular weight excluding hydrogens is 488 g/mol. The standard InChI is InChI=1S/C22H14Cl2FN5O4/c23-16-6-5-13(7-17(16)24)26-22-27-20-15(21(32)28-22)8-14(30(33)34)9-19(20)29(11-31)10-12-3-1-2-4-18(12)25/h1-9,11H,10H2,(H2,26,27,28,32). The molecule has 4 aromatic rings. The van der Waals surface area contributed by atoms with Gasteiger partial charge in [-0.1, -0.05) is 41.4 Å². The fourth-order valence-corrected chi connectivity index (χ4v) is 3.55. The van der Waals surface area contributed by atoms with Crippen LogP contribution in [0.25, 0.3) is 10.9 Å². The predicted molar refractivity (Wildman–Crippen MR) is 126 cm³/mol. The fourth-order valence-electron chi connectivity index (χ4n) is 3.26. The Bertz CT molecular complexity index is 1440. The van der Waals surface area contributed by atoms with Gasteiger partial charge in [0.25, 0.3) is 5.69 Å². The van der Waals surface area contributed by atoms with Gasteiger partial charge in [0.15, 0.2) is 0 Å². The molecule has 2 N–H and O–H groups in total. The summed E-state index contributed by atoms with van der Waals surface area (Å²) in [7, 11) is 0. The summed E-state index contributed by atoms with van der Waals surface area (Å²) in [5.41, 5.74) is 0.241. The number of nitrogens with one attached hydrogen (secondary N) is 1. The van der Waals surface area contributed by atoms with E-state index in [0.29, 0.717) is 17.1 Å². The number of carbonyl (C=O) groups excluding carboxylic acids is 1. The molecule has 1 heterocycles. The summed E-state index contributed by atoms with van der Waals surface area (Å²) in [4.78, 5) is 32.1. The van der Waals surface area contributed by atoms with Crippen LogP contribution in [0.15, 0.2) is 54.6 Å². The van der Waals surface area contributed by atoms with Crippen LogP contribution in [0.2, 0.25) is 10.0 Å². The van der Waals surface area contributed by atoms with Crippen molar-refractivity contribution in [2.24, 2.45) is 0 Å². The summed E-state index contributed by atoms with van der Waals surface area (Å²) in [5, 5.41) is 25.4. The van der Waals surface area contributed by atoms with Crippen LogP contribution in [0.4, 0.5) is 27.4 Å². The van der Waals surface area contributed by atoms with Gasteiger partial charge in [-0.05, 0) is 24.3 Å². The Hall–Kier alpha value is -4.02. The SMILES string of the molecule is O=CN(Cc1ccccc1F)c1cc([N+](=O)[O-])cc2c(O)nc(Nc3ccc(Cl)c(Cl)c3)nc12. The molecule has 0 spiro atoms. The first-order valence-electron chi connectivity index (χ1n) is 9.63. The highest BCUT2D eigenvalue weighted by Crippen LogP contribution is 2.36. The Kier molecular flexibility index (Phi) is 6.44. The molecular formula is C22H14Cl2FN5O4. The van der Waals surface area contributed by atoms with Crippen molar-refractivity contribution in [1.82, 2.24) is 9.97 Å². The summed E-state index contributed by atoms with van der Waals surface area (Å²) in [5.74, 6) is -1.19. The largest absolute Gasteiger partial charge is 0.493 e. The van der Waals surface area contributed by atoms with Crippen LogP contribution >= 0.6 is 23.2 Å². The van der Waals surface area contributed by atoms with Crippen molar-refractivity contribution in [3.8, 4) is 5.88 Å². The van der Waals surface area contributed by atoms with E-state index < -0.39 is 22.3 Å². The second-order valence-electron chi connectivity index (χ2n) is 7.07. The molecule has 0 saturated heterocycles. The molecule has 0 aliphatic rings. The average Bonchev–Trinajstić information content (AvgIpc) is 2.80. The van der Waals surface area contributed by atoms with Crippen LogP contribution < -0.4 is 10.2 Å². The number of halogens is 3. The van der Waals surface area contributed by atoms with E-state index in [1.54, 1.807) is 18.2 Å². The summed E-state index contributed by atoms with van der Waals surface area (Å²) >= 11 is 12.0. The van der Waals surface area contributed by atoms with Gasteiger partial charge >= 0.3 is 0 Å². The van der Waals surface area contributed by atoms with Crippen LogP contribution in [0.1, 0.15) is 5.56 Å². The summed E-state index contributed by atoms with van der Waals surface area (Å²) in [6.45, 7) is -0.229. The first-order chi connectivity index (χ1) is 16.3. The molecule has 1 amide bonds. The van der Waals surface area contributed by atoms with Crippen molar-refractivity contribution in [3.05, 3.63) is 86.1 Å². The highest BCUT2D eigenvalue weighted by molar-refractivity contribution is 6.42. The number of anilines is 3. The first-order valence-corrected chi connectivity index (χ1v) is 10.4. The summed E-state index contributed by atoms with van der Waals surface area (Å²) in [6.07, 6.45) is 0.399. The van der Waals surface area contributed by atoms with Gasteiger partial charge in [-0.3, -0.25) is 14.9 Å². The van der Waals surface area contributed by atoms with Crippen molar-refractivity contribution < 1.29 is 19.2 Å². The molecule has 34 heavy (non-hydrogen) atoms. The Morgan fingerprint density at radius 3 is 2.56 bits per heavy atom. The number of nitro benzene ring substituents is 1. The molecule has 4 rings (SSSR count). The summed E-state index contributed by atoms with van der Waals surface area (Å²) < 4.78 is 14.2. The molecule has 9 nitrogen and oxygen atoms in total. The van der Waals surface area contributed by atoms with Gasteiger partial charge in [-0.15, -0.1) is 0 Å². The molecule has 0 bridgehead atoms. The molecule has 0 atom stereocenters. The van der Waals surface area contributed by atoms with E-state index in [4.69, 9.17) is 23.2 Å². The molecule has 12 heteroatoms. The van der Waals surface area contributed by atoms with E-state index in [1.165, 1.54) is 24.3 Å². The van der Waals surface area contributed by atoms with E-state index in [2.05, 4.69) is 15.3 Å². The van der Waals surface area contributed by atoms with E-state index in [9.17, 15) is 24.4 Å². The highest BCUT2D eigenvalue weighted by Gasteiger charge is 2.22. The van der Waals surface area contributed by atoms with Crippen molar-refractivity contribution in [2.45, 2.75) is 6.54 Å². The van der Waals surface area contributed by atoms with Crippen LogP contribution in [-0.2, 0) is 11.3 Å². The first kappa shape index (κ1) is 23.1. The molecule has 3 aromatic carbocycles. The highest BCUT2D eigenvalue weighted by atomic mass is 35.5. The third kappa shape index (κ3) is 4.68. The number of aromatic hydroxyl groups is 1. The number of hydrogen-bond acceptors (Lipinski definition) is 7. The van der Waals surface area contributed by atoms with Gasteiger partial charge in [0.1, 0.15) is 11.3 Å². The topological polar surface area (TPSA) is 121 Å². The van der Waals surface area contributed by atoms with Crippen molar-refractivity contribution in [2.75, 3.05) is 10.2 Å². The number of benzene rings is 3. The third-order valence-electron chi connectivity index (χ3n) is 4.87. The fraction of sp³-hybridized carbons (Fsp3) is 0.0455. The second kappa shape index (κ2) is 9.46. The zero-order chi connectivity index (χ0) is 24.4. The lowest BCUT2D eigenvalue weighted by molar-refractivity contribution is -0.384. The maximum absolute atomic E-state index is 14.2. The Morgan fingerprint density at radius 2 is 1.88 bits per heavy atom. The molecule has 0 unspecified atom stereocenters. The van der Waals surface area contributed by atoms with Gasteiger partial charge in [0.2, 0.25) is 18.2 Å². The molecule has 0 saturated carbocycles. The normalized spacial score (nSPS) is 10.8. The number of amides is 1. The van der Waals surface area contributed by atoms with Crippen LogP contribution in [0.5, 0.6) is 5.88 Å². The number of non-ortho nitro benzene ring substituents is 1. The Balaban J connectivity index is 1.85. The van der Waals surface area contributed by atoms with Crippen LogP contribution in [0.3, 0.4) is 0 Å². The molecule has 0 radical (unpaired) electrons. The molecule has 0 aliphatic heterocycles. The van der Waals surface area contributed by atoms with Crippen molar-refractivity contribution >= 4 is 63.5 Å².